The summed E-state index contributed by atoms with van der Waals surface area (Å²) in [7, 11) is 0. The quantitative estimate of drug-likeness (QED) is 0.886. The van der Waals surface area contributed by atoms with Gasteiger partial charge in [0.05, 0.1) is 11.6 Å². The van der Waals surface area contributed by atoms with Gasteiger partial charge in [0.15, 0.2) is 0 Å². The van der Waals surface area contributed by atoms with Crippen molar-refractivity contribution >= 4 is 11.8 Å². The lowest BCUT2D eigenvalue weighted by Gasteiger charge is -2.21. The Morgan fingerprint density at radius 1 is 1.35 bits per heavy atom. The van der Waals surface area contributed by atoms with E-state index in [0.717, 1.165) is 5.69 Å². The van der Waals surface area contributed by atoms with Crippen LogP contribution in [0.25, 0.3) is 0 Å². The number of carbonyl (C=O) groups is 1. The number of hydrogen-bond acceptors (Lipinski definition) is 4. The van der Waals surface area contributed by atoms with Gasteiger partial charge in [-0.15, -0.1) is 0 Å². The van der Waals surface area contributed by atoms with Gasteiger partial charge in [-0.25, -0.2) is 4.79 Å². The Labute approximate surface area is 119 Å². The molecule has 2 N–H and O–H groups in total. The molecule has 0 radical (unpaired) electrons. The van der Waals surface area contributed by atoms with Gasteiger partial charge >= 0.3 is 6.09 Å². The molecule has 0 saturated carbocycles. The molecule has 1 atom stereocenters. The summed E-state index contributed by atoms with van der Waals surface area (Å²) in [5, 5.41) is 14.7. The maximum atomic E-state index is 11.5. The van der Waals surface area contributed by atoms with E-state index < -0.39 is 11.7 Å². The fraction of sp³-hybridized carbons (Fsp3) is 0.467. The van der Waals surface area contributed by atoms with Crippen LogP contribution in [0, 0.1) is 11.3 Å². The minimum absolute atomic E-state index is 0.0513. The number of rotatable bonds is 4. The Balaban J connectivity index is 2.38. The van der Waals surface area contributed by atoms with Crippen molar-refractivity contribution in [2.45, 2.75) is 39.3 Å². The molecule has 5 nitrogen and oxygen atoms in total. The molecular weight excluding hydrogens is 254 g/mol. The third-order valence-corrected chi connectivity index (χ3v) is 2.38. The molecule has 0 fully saturated rings. The van der Waals surface area contributed by atoms with E-state index >= 15 is 0 Å². The van der Waals surface area contributed by atoms with E-state index in [1.165, 1.54) is 0 Å². The van der Waals surface area contributed by atoms with Crippen LogP contribution in [0.3, 0.4) is 0 Å². The minimum Gasteiger partial charge on any atom is -0.444 e. The molecule has 0 saturated heterocycles. The van der Waals surface area contributed by atoms with E-state index in [1.54, 1.807) is 12.1 Å². The van der Waals surface area contributed by atoms with E-state index in [4.69, 9.17) is 10.00 Å². The van der Waals surface area contributed by atoms with E-state index in [1.807, 2.05) is 39.8 Å². The minimum atomic E-state index is -0.492. The molecule has 0 bridgehead atoms. The molecule has 1 rings (SSSR count). The van der Waals surface area contributed by atoms with E-state index in [9.17, 15) is 4.79 Å². The van der Waals surface area contributed by atoms with Crippen LogP contribution in [0.15, 0.2) is 24.3 Å². The first-order chi connectivity index (χ1) is 9.30. The highest BCUT2D eigenvalue weighted by Crippen LogP contribution is 2.10. The molecule has 0 aliphatic heterocycles. The maximum Gasteiger partial charge on any atom is 0.407 e. The summed E-state index contributed by atoms with van der Waals surface area (Å²) in [6.07, 6.45) is -0.425. The molecule has 1 amide bonds. The topological polar surface area (TPSA) is 74.2 Å². The summed E-state index contributed by atoms with van der Waals surface area (Å²) < 4.78 is 5.15. The standard InChI is InChI=1S/C15H21N3O2/c1-11(10-17-14(19)20-15(2,3)4)18-13-7-5-12(9-16)6-8-13/h5-8,11,18H,10H2,1-4H3,(H,17,19). The van der Waals surface area contributed by atoms with Gasteiger partial charge in [-0.3, -0.25) is 0 Å². The number of nitrogens with one attached hydrogen (secondary N) is 2. The zero-order chi connectivity index (χ0) is 15.2. The van der Waals surface area contributed by atoms with Gasteiger partial charge in [0.1, 0.15) is 5.60 Å². The molecule has 1 aromatic carbocycles. The van der Waals surface area contributed by atoms with Crippen molar-refractivity contribution < 1.29 is 9.53 Å². The lowest BCUT2D eigenvalue weighted by molar-refractivity contribution is 0.0526. The predicted molar refractivity (Wildman–Crippen MR) is 78.5 cm³/mol. The zero-order valence-corrected chi connectivity index (χ0v) is 12.4. The Bertz CT molecular complexity index is 483. The number of nitrogens with zero attached hydrogens (tertiary/aromatic N) is 1. The fourth-order valence-corrected chi connectivity index (χ4v) is 1.53. The highest BCUT2D eigenvalue weighted by molar-refractivity contribution is 5.67. The number of hydrogen-bond donors (Lipinski definition) is 2. The molecule has 1 aromatic rings. The molecule has 108 valence electrons. The number of anilines is 1. The van der Waals surface area contributed by atoms with Crippen LogP contribution in [0.5, 0.6) is 0 Å². The van der Waals surface area contributed by atoms with E-state index in [-0.39, 0.29) is 6.04 Å². The molecule has 0 spiro atoms. The van der Waals surface area contributed by atoms with Crippen molar-refractivity contribution in [3.05, 3.63) is 29.8 Å². The lowest BCUT2D eigenvalue weighted by Crippen LogP contribution is -2.38. The van der Waals surface area contributed by atoms with Gasteiger partial charge < -0.3 is 15.4 Å². The number of amides is 1. The van der Waals surface area contributed by atoms with Crippen LogP contribution in [-0.4, -0.2) is 24.3 Å². The largest absolute Gasteiger partial charge is 0.444 e. The van der Waals surface area contributed by atoms with Crippen LogP contribution in [0.4, 0.5) is 10.5 Å². The number of nitriles is 1. The number of benzene rings is 1. The summed E-state index contributed by atoms with van der Waals surface area (Å²) in [6, 6.07) is 9.28. The Morgan fingerprint density at radius 2 is 1.95 bits per heavy atom. The van der Waals surface area contributed by atoms with Crippen molar-refractivity contribution in [2.24, 2.45) is 0 Å². The summed E-state index contributed by atoms with van der Waals surface area (Å²) in [6.45, 7) is 7.88. The van der Waals surface area contributed by atoms with Crippen LogP contribution in [0.1, 0.15) is 33.3 Å². The summed E-state index contributed by atoms with van der Waals surface area (Å²) in [5.74, 6) is 0. The Hall–Kier alpha value is -2.22. The van der Waals surface area contributed by atoms with Crippen molar-refractivity contribution in [2.75, 3.05) is 11.9 Å². The second kappa shape index (κ2) is 6.80. The fourth-order valence-electron chi connectivity index (χ4n) is 1.53. The molecule has 1 unspecified atom stereocenters. The van der Waals surface area contributed by atoms with Crippen LogP contribution < -0.4 is 10.6 Å². The number of ether oxygens (including phenoxy) is 1. The molecule has 0 aliphatic rings. The van der Waals surface area contributed by atoms with Gasteiger partial charge in [0, 0.05) is 18.3 Å². The van der Waals surface area contributed by atoms with Crippen molar-refractivity contribution in [3.8, 4) is 6.07 Å². The van der Waals surface area contributed by atoms with E-state index in [0.29, 0.717) is 12.1 Å². The van der Waals surface area contributed by atoms with Crippen molar-refractivity contribution in [1.29, 1.82) is 5.26 Å². The molecule has 0 aromatic heterocycles. The predicted octanol–water partition coefficient (Wildman–Crippen LogP) is 2.88. The van der Waals surface area contributed by atoms with E-state index in [2.05, 4.69) is 16.7 Å². The summed E-state index contributed by atoms with van der Waals surface area (Å²) in [5.41, 5.74) is 1.03. The highest BCUT2D eigenvalue weighted by atomic mass is 16.6. The molecule has 0 aliphatic carbocycles. The Kier molecular flexibility index (Phi) is 5.39. The van der Waals surface area contributed by atoms with Gasteiger partial charge in [0.2, 0.25) is 0 Å². The first kappa shape index (κ1) is 15.8. The lowest BCUT2D eigenvalue weighted by atomic mass is 10.2. The third-order valence-electron chi connectivity index (χ3n) is 2.38. The summed E-state index contributed by atoms with van der Waals surface area (Å²) >= 11 is 0. The number of alkyl carbamates (subject to hydrolysis) is 1. The average molecular weight is 275 g/mol. The summed E-state index contributed by atoms with van der Waals surface area (Å²) in [4.78, 5) is 11.5. The first-order valence-corrected chi connectivity index (χ1v) is 6.54. The van der Waals surface area contributed by atoms with Crippen LogP contribution in [-0.2, 0) is 4.74 Å². The molecule has 0 heterocycles. The van der Waals surface area contributed by atoms with Crippen molar-refractivity contribution in [1.82, 2.24) is 5.32 Å². The van der Waals surface area contributed by atoms with Gasteiger partial charge in [0.25, 0.3) is 0 Å². The van der Waals surface area contributed by atoms with Gasteiger partial charge in [-0.2, -0.15) is 5.26 Å². The SMILES string of the molecule is CC(CNC(=O)OC(C)(C)C)Nc1ccc(C#N)cc1. The zero-order valence-electron chi connectivity index (χ0n) is 12.4. The highest BCUT2D eigenvalue weighted by Gasteiger charge is 2.16. The normalized spacial score (nSPS) is 12.2. The number of carbonyl (C=O) groups excluding carboxylic acids is 1. The smallest absolute Gasteiger partial charge is 0.407 e. The molecule has 20 heavy (non-hydrogen) atoms. The van der Waals surface area contributed by atoms with Crippen LogP contribution >= 0.6 is 0 Å². The van der Waals surface area contributed by atoms with Gasteiger partial charge in [-0.1, -0.05) is 0 Å². The van der Waals surface area contributed by atoms with Crippen LogP contribution in [0.2, 0.25) is 0 Å². The molecule has 5 heteroatoms. The monoisotopic (exact) mass is 275 g/mol. The Morgan fingerprint density at radius 3 is 2.45 bits per heavy atom. The maximum absolute atomic E-state index is 11.5. The third kappa shape index (κ3) is 6.10. The average Bonchev–Trinajstić information content (AvgIpc) is 2.35. The molecular formula is C15H21N3O2. The first-order valence-electron chi connectivity index (χ1n) is 6.54. The second-order valence-corrected chi connectivity index (χ2v) is 5.62. The van der Waals surface area contributed by atoms with Crippen molar-refractivity contribution in [3.63, 3.8) is 0 Å². The second-order valence-electron chi connectivity index (χ2n) is 5.62. The van der Waals surface area contributed by atoms with Gasteiger partial charge in [-0.05, 0) is 52.0 Å².